The number of unbranched alkanes of at least 4 members (excludes halogenated alkanes) is 8. The second-order valence-electron chi connectivity index (χ2n) is 4.85. The van der Waals surface area contributed by atoms with Crippen LogP contribution in [0.3, 0.4) is 0 Å². The lowest BCUT2D eigenvalue weighted by atomic mass is 10.1. The number of allylic oxidation sites excluding steroid dienone is 2. The number of esters is 1. The molecule has 0 atom stereocenters. The highest BCUT2D eigenvalue weighted by Crippen LogP contribution is 2.09. The van der Waals surface area contributed by atoms with E-state index in [4.69, 9.17) is 0 Å². The summed E-state index contributed by atoms with van der Waals surface area (Å²) in [5.74, 6) is -0.119. The predicted molar refractivity (Wildman–Crippen MR) is 77.6 cm³/mol. The van der Waals surface area contributed by atoms with Crippen molar-refractivity contribution in [2.24, 2.45) is 0 Å². The number of hydrogen-bond acceptors (Lipinski definition) is 2. The fourth-order valence-electron chi connectivity index (χ4n) is 1.94. The minimum atomic E-state index is -0.119. The highest BCUT2D eigenvalue weighted by molar-refractivity contribution is 5.69. The van der Waals surface area contributed by atoms with Crippen LogP contribution < -0.4 is 0 Å². The molecule has 0 aliphatic heterocycles. The summed E-state index contributed by atoms with van der Waals surface area (Å²) in [6, 6.07) is 0. The number of rotatable bonds is 12. The molecule has 0 bridgehead atoms. The number of ether oxygens (including phenoxy) is 1. The molecule has 0 rings (SSSR count). The Morgan fingerprint density at radius 2 is 1.44 bits per heavy atom. The molecule has 0 aliphatic rings. The van der Waals surface area contributed by atoms with Crippen LogP contribution in [0.2, 0.25) is 0 Å². The van der Waals surface area contributed by atoms with Crippen molar-refractivity contribution in [1.29, 1.82) is 0 Å². The van der Waals surface area contributed by atoms with Crippen LogP contribution in [0.1, 0.15) is 77.6 Å². The lowest BCUT2D eigenvalue weighted by Gasteiger charge is -1.99. The molecule has 0 aromatic carbocycles. The van der Waals surface area contributed by atoms with E-state index in [1.807, 2.05) is 0 Å². The van der Waals surface area contributed by atoms with E-state index < -0.39 is 0 Å². The van der Waals surface area contributed by atoms with Crippen molar-refractivity contribution in [1.82, 2.24) is 0 Å². The molecule has 0 heterocycles. The second kappa shape index (κ2) is 14.3. The molecule has 0 radical (unpaired) electrons. The Bertz CT molecular complexity index is 209. The molecule has 0 aromatic rings. The molecule has 2 nitrogen and oxygen atoms in total. The van der Waals surface area contributed by atoms with Gasteiger partial charge in [0.1, 0.15) is 0 Å². The summed E-state index contributed by atoms with van der Waals surface area (Å²) in [5.41, 5.74) is 0. The number of carbonyl (C=O) groups excluding carboxylic acids is 1. The molecule has 0 spiro atoms. The summed E-state index contributed by atoms with van der Waals surface area (Å²) in [7, 11) is 1.44. The molecule has 106 valence electrons. The Balaban J connectivity index is 3.10. The Kier molecular flexibility index (Phi) is 13.6. The molecule has 18 heavy (non-hydrogen) atoms. The average Bonchev–Trinajstić information content (AvgIpc) is 2.39. The highest BCUT2D eigenvalue weighted by atomic mass is 16.5. The van der Waals surface area contributed by atoms with Crippen molar-refractivity contribution in [2.45, 2.75) is 77.6 Å². The molecule has 0 fully saturated rings. The Morgan fingerprint density at radius 3 is 2.06 bits per heavy atom. The SMILES string of the molecule is CCCCCCCCCC/C=C/CCC(=O)OC. The normalized spacial score (nSPS) is 11.0. The maximum atomic E-state index is 10.8. The minimum Gasteiger partial charge on any atom is -0.469 e. The van der Waals surface area contributed by atoms with Crippen LogP contribution in [0, 0.1) is 0 Å². The first-order valence-electron chi connectivity index (χ1n) is 7.53. The van der Waals surface area contributed by atoms with Crippen molar-refractivity contribution in [3.05, 3.63) is 12.2 Å². The summed E-state index contributed by atoms with van der Waals surface area (Å²) in [6.45, 7) is 2.26. The van der Waals surface area contributed by atoms with Gasteiger partial charge in [0, 0.05) is 6.42 Å². The van der Waals surface area contributed by atoms with Crippen LogP contribution in [0.15, 0.2) is 12.2 Å². The molecule has 2 heteroatoms. The molecule has 0 N–H and O–H groups in total. The standard InChI is InChI=1S/C16H30O2/c1-3-4-5-6-7-8-9-10-11-12-13-14-15-16(17)18-2/h12-13H,3-11,14-15H2,1-2H3/b13-12+. The lowest BCUT2D eigenvalue weighted by molar-refractivity contribution is -0.140. The van der Waals surface area contributed by atoms with Gasteiger partial charge in [-0.25, -0.2) is 0 Å². The quantitative estimate of drug-likeness (QED) is 0.277. The van der Waals surface area contributed by atoms with Crippen LogP contribution in [-0.4, -0.2) is 13.1 Å². The van der Waals surface area contributed by atoms with Crippen molar-refractivity contribution < 1.29 is 9.53 Å². The molecule has 0 saturated carbocycles. The first-order valence-corrected chi connectivity index (χ1v) is 7.53. The van der Waals surface area contributed by atoms with Gasteiger partial charge in [0.05, 0.1) is 7.11 Å². The molecular weight excluding hydrogens is 224 g/mol. The number of methoxy groups -OCH3 is 1. The summed E-state index contributed by atoms with van der Waals surface area (Å²) in [5, 5.41) is 0. The van der Waals surface area contributed by atoms with Gasteiger partial charge in [0.2, 0.25) is 0 Å². The van der Waals surface area contributed by atoms with E-state index in [0.717, 1.165) is 12.8 Å². The lowest BCUT2D eigenvalue weighted by Crippen LogP contribution is -1.97. The maximum absolute atomic E-state index is 10.8. The third kappa shape index (κ3) is 13.3. The van der Waals surface area contributed by atoms with E-state index in [1.165, 1.54) is 58.5 Å². The van der Waals surface area contributed by atoms with Crippen molar-refractivity contribution in [3.63, 3.8) is 0 Å². The summed E-state index contributed by atoms with van der Waals surface area (Å²) in [4.78, 5) is 10.8. The van der Waals surface area contributed by atoms with Gasteiger partial charge in [0.25, 0.3) is 0 Å². The third-order valence-corrected chi connectivity index (χ3v) is 3.13. The number of carbonyl (C=O) groups is 1. The molecule has 0 amide bonds. The van der Waals surface area contributed by atoms with Crippen molar-refractivity contribution >= 4 is 5.97 Å². The van der Waals surface area contributed by atoms with Gasteiger partial charge in [-0.1, -0.05) is 64.0 Å². The van der Waals surface area contributed by atoms with E-state index in [-0.39, 0.29) is 5.97 Å². The fraction of sp³-hybridized carbons (Fsp3) is 0.812. The van der Waals surface area contributed by atoms with Gasteiger partial charge in [-0.3, -0.25) is 4.79 Å². The fourth-order valence-corrected chi connectivity index (χ4v) is 1.94. The molecule has 0 aliphatic carbocycles. The average molecular weight is 254 g/mol. The smallest absolute Gasteiger partial charge is 0.305 e. The van der Waals surface area contributed by atoms with E-state index in [0.29, 0.717) is 6.42 Å². The van der Waals surface area contributed by atoms with Crippen LogP contribution in [-0.2, 0) is 9.53 Å². The van der Waals surface area contributed by atoms with Crippen LogP contribution in [0.5, 0.6) is 0 Å². The Morgan fingerprint density at radius 1 is 0.889 bits per heavy atom. The minimum absolute atomic E-state index is 0.119. The van der Waals surface area contributed by atoms with E-state index >= 15 is 0 Å². The van der Waals surface area contributed by atoms with Crippen LogP contribution in [0.25, 0.3) is 0 Å². The Hall–Kier alpha value is -0.790. The second-order valence-corrected chi connectivity index (χ2v) is 4.85. The first kappa shape index (κ1) is 17.2. The van der Waals surface area contributed by atoms with Gasteiger partial charge in [-0.2, -0.15) is 0 Å². The van der Waals surface area contributed by atoms with E-state index in [2.05, 4.69) is 23.8 Å². The topological polar surface area (TPSA) is 26.3 Å². The Labute approximate surface area is 113 Å². The van der Waals surface area contributed by atoms with Gasteiger partial charge in [-0.15, -0.1) is 0 Å². The first-order chi connectivity index (χ1) is 8.81. The van der Waals surface area contributed by atoms with Gasteiger partial charge in [-0.05, 0) is 19.3 Å². The number of hydrogen-bond donors (Lipinski definition) is 0. The zero-order chi connectivity index (χ0) is 13.5. The third-order valence-electron chi connectivity index (χ3n) is 3.13. The zero-order valence-corrected chi connectivity index (χ0v) is 12.2. The van der Waals surface area contributed by atoms with Crippen LogP contribution >= 0.6 is 0 Å². The summed E-state index contributed by atoms with van der Waals surface area (Å²) in [6.07, 6.45) is 17.7. The maximum Gasteiger partial charge on any atom is 0.305 e. The highest BCUT2D eigenvalue weighted by Gasteiger charge is 1.95. The van der Waals surface area contributed by atoms with E-state index in [9.17, 15) is 4.79 Å². The van der Waals surface area contributed by atoms with Gasteiger partial charge < -0.3 is 4.74 Å². The molecule has 0 saturated heterocycles. The zero-order valence-electron chi connectivity index (χ0n) is 12.2. The summed E-state index contributed by atoms with van der Waals surface area (Å²) >= 11 is 0. The molecule has 0 unspecified atom stereocenters. The monoisotopic (exact) mass is 254 g/mol. The molecular formula is C16H30O2. The predicted octanol–water partition coefficient (Wildman–Crippen LogP) is 5.03. The van der Waals surface area contributed by atoms with Gasteiger partial charge in [0.15, 0.2) is 0 Å². The van der Waals surface area contributed by atoms with Crippen molar-refractivity contribution in [3.8, 4) is 0 Å². The van der Waals surface area contributed by atoms with Gasteiger partial charge >= 0.3 is 5.97 Å². The van der Waals surface area contributed by atoms with Crippen molar-refractivity contribution in [2.75, 3.05) is 7.11 Å². The van der Waals surface area contributed by atoms with Crippen LogP contribution in [0.4, 0.5) is 0 Å². The largest absolute Gasteiger partial charge is 0.469 e. The molecule has 0 aromatic heterocycles. The summed E-state index contributed by atoms with van der Waals surface area (Å²) < 4.78 is 4.58. The van der Waals surface area contributed by atoms with E-state index in [1.54, 1.807) is 0 Å².